The second-order valence-electron chi connectivity index (χ2n) is 5.53. The molecule has 0 fully saturated rings. The van der Waals surface area contributed by atoms with Gasteiger partial charge in [0.25, 0.3) is 0 Å². The number of hydrogen-bond acceptors (Lipinski definition) is 5. The number of ether oxygens (including phenoxy) is 1. The topological polar surface area (TPSA) is 63.7 Å². The van der Waals surface area contributed by atoms with Crippen molar-refractivity contribution >= 4 is 22.8 Å². The molecule has 0 aliphatic carbocycles. The molecule has 1 N–H and O–H groups in total. The van der Waals surface area contributed by atoms with Crippen LogP contribution in [0.4, 0.5) is 26.3 Å². The average Bonchev–Trinajstić information content (AvgIpc) is 3.02. The average molecular weight is 422 g/mol. The molecule has 3 aromatic heterocycles. The smallest absolute Gasteiger partial charge is 0.422 e. The van der Waals surface area contributed by atoms with Gasteiger partial charge in [0.05, 0.1) is 22.8 Å². The summed E-state index contributed by atoms with van der Waals surface area (Å²) < 4.78 is 80.1. The highest BCUT2D eigenvalue weighted by molar-refractivity contribution is 7.99. The van der Waals surface area contributed by atoms with Gasteiger partial charge in [-0.1, -0.05) is 6.92 Å². The normalized spacial score (nSPS) is 12.5. The van der Waals surface area contributed by atoms with E-state index in [1.54, 1.807) is 6.92 Å². The van der Waals surface area contributed by atoms with Crippen LogP contribution >= 0.6 is 11.8 Å². The van der Waals surface area contributed by atoms with Crippen molar-refractivity contribution in [1.82, 2.24) is 19.9 Å². The van der Waals surface area contributed by atoms with Crippen LogP contribution in [0.25, 0.3) is 22.6 Å². The van der Waals surface area contributed by atoms with Crippen molar-refractivity contribution in [2.24, 2.45) is 0 Å². The highest BCUT2D eigenvalue weighted by atomic mass is 32.2. The highest BCUT2D eigenvalue weighted by Crippen LogP contribution is 2.35. The number of H-pyrrole nitrogens is 1. The number of aromatic nitrogens is 4. The van der Waals surface area contributed by atoms with Crippen molar-refractivity contribution in [2.75, 3.05) is 12.4 Å². The van der Waals surface area contributed by atoms with E-state index in [4.69, 9.17) is 0 Å². The van der Waals surface area contributed by atoms with E-state index < -0.39 is 24.5 Å². The van der Waals surface area contributed by atoms with Crippen LogP contribution in [0.3, 0.4) is 0 Å². The first-order valence-corrected chi connectivity index (χ1v) is 8.81. The third kappa shape index (κ3) is 4.66. The molecule has 0 atom stereocenters. The molecule has 0 spiro atoms. The molecular weight excluding hydrogens is 410 g/mol. The Balaban J connectivity index is 1.97. The molecule has 0 aliphatic heterocycles. The Kier molecular flexibility index (Phi) is 5.41. The lowest BCUT2D eigenvalue weighted by molar-refractivity contribution is -0.154. The van der Waals surface area contributed by atoms with Gasteiger partial charge in [0.15, 0.2) is 12.4 Å². The maximum atomic E-state index is 12.9. The second kappa shape index (κ2) is 7.49. The summed E-state index contributed by atoms with van der Waals surface area (Å²) in [7, 11) is 0. The Bertz CT molecular complexity index is 985. The van der Waals surface area contributed by atoms with Gasteiger partial charge in [0.2, 0.25) is 5.88 Å². The van der Waals surface area contributed by atoms with Crippen molar-refractivity contribution in [2.45, 2.75) is 24.2 Å². The van der Waals surface area contributed by atoms with E-state index >= 15 is 0 Å². The Morgan fingerprint density at radius 1 is 1.07 bits per heavy atom. The number of nitrogens with zero attached hydrogens (tertiary/aromatic N) is 3. The van der Waals surface area contributed by atoms with Gasteiger partial charge in [-0.15, -0.1) is 11.8 Å². The van der Waals surface area contributed by atoms with Gasteiger partial charge in [-0.25, -0.2) is 9.97 Å². The highest BCUT2D eigenvalue weighted by Gasteiger charge is 2.32. The van der Waals surface area contributed by atoms with Gasteiger partial charge in [0, 0.05) is 17.2 Å². The quantitative estimate of drug-likeness (QED) is 0.458. The summed E-state index contributed by atoms with van der Waals surface area (Å²) in [6.45, 7) is 0.280. The first kappa shape index (κ1) is 20.2. The maximum Gasteiger partial charge on any atom is 0.422 e. The maximum absolute atomic E-state index is 12.9. The monoisotopic (exact) mass is 422 g/mol. The van der Waals surface area contributed by atoms with Gasteiger partial charge >= 0.3 is 12.4 Å². The molecule has 0 bridgehead atoms. The molecule has 3 heterocycles. The molecule has 0 aliphatic rings. The molecule has 0 unspecified atom stereocenters. The van der Waals surface area contributed by atoms with Crippen LogP contribution in [-0.4, -0.2) is 38.5 Å². The number of aromatic amines is 1. The van der Waals surface area contributed by atoms with E-state index in [0.717, 1.165) is 17.8 Å². The standard InChI is InChI=1S/C16H12F6N4OS/c1-2-28-11-3-8(16(20,21)22)5-24-13(11)14-25-9-4-12(23-6-10(9)26-14)27-7-15(17,18)19/h3-6H,2,7H2,1H3,(H,25,26). The number of pyridine rings is 2. The third-order valence-corrected chi connectivity index (χ3v) is 4.34. The zero-order valence-corrected chi connectivity index (χ0v) is 15.0. The minimum absolute atomic E-state index is 0.175. The number of hydrogen-bond donors (Lipinski definition) is 1. The lowest BCUT2D eigenvalue weighted by Gasteiger charge is -2.10. The van der Waals surface area contributed by atoms with Gasteiger partial charge < -0.3 is 9.72 Å². The van der Waals surface area contributed by atoms with Crippen LogP contribution in [0, 0.1) is 0 Å². The lowest BCUT2D eigenvalue weighted by Crippen LogP contribution is -2.19. The summed E-state index contributed by atoms with van der Waals surface area (Å²) in [6.07, 6.45) is -7.10. The summed E-state index contributed by atoms with van der Waals surface area (Å²) >= 11 is 1.16. The summed E-state index contributed by atoms with van der Waals surface area (Å²) in [5.41, 5.74) is -0.0542. The molecule has 0 aromatic carbocycles. The predicted octanol–water partition coefficient (Wildman–Crippen LogP) is 5.09. The van der Waals surface area contributed by atoms with Crippen molar-refractivity contribution < 1.29 is 31.1 Å². The van der Waals surface area contributed by atoms with Gasteiger partial charge in [-0.3, -0.25) is 4.98 Å². The van der Waals surface area contributed by atoms with Crippen LogP contribution in [0.5, 0.6) is 5.88 Å². The lowest BCUT2D eigenvalue weighted by atomic mass is 10.2. The fourth-order valence-corrected chi connectivity index (χ4v) is 3.09. The number of halogens is 6. The fraction of sp³-hybridized carbons (Fsp3) is 0.312. The number of thioether (sulfide) groups is 1. The molecular formula is C16H12F6N4OS. The van der Waals surface area contributed by atoms with Crippen LogP contribution in [0.2, 0.25) is 0 Å². The van der Waals surface area contributed by atoms with Gasteiger partial charge in [0.1, 0.15) is 5.69 Å². The molecule has 0 saturated carbocycles. The first-order valence-electron chi connectivity index (χ1n) is 7.82. The summed E-state index contributed by atoms with van der Waals surface area (Å²) in [4.78, 5) is 15.0. The number of fused-ring (bicyclic) bond motifs is 1. The molecule has 150 valence electrons. The predicted molar refractivity (Wildman–Crippen MR) is 90.1 cm³/mol. The molecule has 3 aromatic rings. The Morgan fingerprint density at radius 3 is 2.46 bits per heavy atom. The van der Waals surface area contributed by atoms with Crippen molar-refractivity contribution in [1.29, 1.82) is 0 Å². The summed E-state index contributed by atoms with van der Waals surface area (Å²) in [6, 6.07) is 2.19. The van der Waals surface area contributed by atoms with Crippen molar-refractivity contribution in [3.05, 3.63) is 30.1 Å². The minimum atomic E-state index is -4.53. The number of nitrogens with one attached hydrogen (secondary N) is 1. The Hall–Kier alpha value is -2.50. The van der Waals surface area contributed by atoms with Crippen LogP contribution in [-0.2, 0) is 6.18 Å². The Labute approximate surface area is 158 Å². The zero-order valence-electron chi connectivity index (χ0n) is 14.1. The number of alkyl halides is 6. The van der Waals surface area contributed by atoms with E-state index in [1.807, 2.05) is 0 Å². The first-order chi connectivity index (χ1) is 13.1. The number of imidazole rings is 1. The minimum Gasteiger partial charge on any atom is -0.468 e. The molecule has 5 nitrogen and oxygen atoms in total. The molecule has 0 amide bonds. The second-order valence-corrected chi connectivity index (χ2v) is 6.84. The number of rotatable bonds is 5. The SMILES string of the molecule is CCSc1cc(C(F)(F)F)cnc1-c1nc2cc(OCC(F)(F)F)ncc2[nH]1. The summed E-state index contributed by atoms with van der Waals surface area (Å²) in [5, 5.41) is 0. The van der Waals surface area contributed by atoms with E-state index in [2.05, 4.69) is 24.7 Å². The van der Waals surface area contributed by atoms with E-state index in [9.17, 15) is 26.3 Å². The molecule has 28 heavy (non-hydrogen) atoms. The van der Waals surface area contributed by atoms with E-state index in [-0.39, 0.29) is 27.8 Å². The van der Waals surface area contributed by atoms with Crippen molar-refractivity contribution in [3.63, 3.8) is 0 Å². The summed E-state index contributed by atoms with van der Waals surface area (Å²) in [5.74, 6) is 0.411. The van der Waals surface area contributed by atoms with E-state index in [0.29, 0.717) is 17.5 Å². The van der Waals surface area contributed by atoms with Gasteiger partial charge in [-0.05, 0) is 11.8 Å². The fourth-order valence-electron chi connectivity index (χ4n) is 2.28. The third-order valence-electron chi connectivity index (χ3n) is 3.43. The van der Waals surface area contributed by atoms with Gasteiger partial charge in [-0.2, -0.15) is 26.3 Å². The van der Waals surface area contributed by atoms with Crippen molar-refractivity contribution in [3.8, 4) is 17.4 Å². The van der Waals surface area contributed by atoms with Crippen LogP contribution < -0.4 is 4.74 Å². The van der Waals surface area contributed by atoms with Crippen LogP contribution in [0.15, 0.2) is 29.4 Å². The van der Waals surface area contributed by atoms with E-state index in [1.165, 1.54) is 12.3 Å². The largest absolute Gasteiger partial charge is 0.468 e. The zero-order chi connectivity index (χ0) is 20.5. The van der Waals surface area contributed by atoms with Crippen LogP contribution in [0.1, 0.15) is 12.5 Å². The molecule has 0 saturated heterocycles. The molecule has 12 heteroatoms. The molecule has 3 rings (SSSR count). The molecule has 0 radical (unpaired) electrons. The Morgan fingerprint density at radius 2 is 1.82 bits per heavy atom.